The molecule has 1 amide bonds. The van der Waals surface area contributed by atoms with E-state index in [1.54, 1.807) is 13.0 Å². The van der Waals surface area contributed by atoms with Gasteiger partial charge in [-0.15, -0.1) is 10.2 Å². The summed E-state index contributed by atoms with van der Waals surface area (Å²) in [4.78, 5) is 12.5. The van der Waals surface area contributed by atoms with Crippen molar-refractivity contribution in [1.29, 1.82) is 0 Å². The fourth-order valence-electron chi connectivity index (χ4n) is 2.57. The quantitative estimate of drug-likeness (QED) is 0.307. The highest BCUT2D eigenvalue weighted by molar-refractivity contribution is 5.96. The average molecular weight is 440 g/mol. The number of nitrogens with one attached hydrogen (secondary N) is 1. The molecule has 166 valence electrons. The standard InChI is InChI=1S/C20H20N6O6/c1-11-19(26-32-25-11)23-22-14-5-6-15(27)13(7-14)10-21-24-20(28)12-8-16(29-2)18(31-4)17(9-12)30-3/h5-10,27H,1-4H3,(H,24,28)/b21-10+,23-22?. The lowest BCUT2D eigenvalue weighted by atomic mass is 10.1. The van der Waals surface area contributed by atoms with Gasteiger partial charge in [0.1, 0.15) is 11.4 Å². The number of aryl methyl sites for hydroxylation is 1. The van der Waals surface area contributed by atoms with E-state index in [9.17, 15) is 9.90 Å². The Labute approximate surface area is 182 Å². The third-order valence-electron chi connectivity index (χ3n) is 4.20. The van der Waals surface area contributed by atoms with Crippen LogP contribution in [0.2, 0.25) is 0 Å². The van der Waals surface area contributed by atoms with Crippen LogP contribution in [0.4, 0.5) is 11.5 Å². The zero-order valence-electron chi connectivity index (χ0n) is 17.7. The number of benzene rings is 2. The van der Waals surface area contributed by atoms with Crippen molar-refractivity contribution < 1.29 is 28.7 Å². The van der Waals surface area contributed by atoms with Gasteiger partial charge in [-0.1, -0.05) is 5.16 Å². The van der Waals surface area contributed by atoms with Crippen LogP contribution in [0.15, 0.2) is 50.3 Å². The molecule has 0 bridgehead atoms. The number of azo groups is 1. The van der Waals surface area contributed by atoms with E-state index in [4.69, 9.17) is 14.2 Å². The third kappa shape index (κ3) is 4.98. The predicted molar refractivity (Wildman–Crippen MR) is 112 cm³/mol. The van der Waals surface area contributed by atoms with Crippen molar-refractivity contribution in [3.05, 3.63) is 47.2 Å². The minimum atomic E-state index is -0.523. The number of amides is 1. The molecule has 3 rings (SSSR count). The van der Waals surface area contributed by atoms with E-state index in [1.807, 2.05) is 0 Å². The second-order valence-corrected chi connectivity index (χ2v) is 6.23. The Hall–Kier alpha value is -4.48. The topological polar surface area (TPSA) is 153 Å². The number of carbonyl (C=O) groups excluding carboxylic acids is 1. The highest BCUT2D eigenvalue weighted by Crippen LogP contribution is 2.38. The van der Waals surface area contributed by atoms with Crippen LogP contribution in [0.1, 0.15) is 21.6 Å². The Bertz CT molecular complexity index is 1150. The number of ether oxygens (including phenoxy) is 3. The highest BCUT2D eigenvalue weighted by Gasteiger charge is 2.16. The second-order valence-electron chi connectivity index (χ2n) is 6.23. The average Bonchev–Trinajstić information content (AvgIpc) is 3.22. The van der Waals surface area contributed by atoms with Crippen LogP contribution in [0.25, 0.3) is 0 Å². The maximum absolute atomic E-state index is 12.5. The van der Waals surface area contributed by atoms with Crippen LogP contribution in [0, 0.1) is 6.92 Å². The maximum Gasteiger partial charge on any atom is 0.271 e. The van der Waals surface area contributed by atoms with Crippen molar-refractivity contribution in [2.45, 2.75) is 6.92 Å². The molecule has 3 aromatic rings. The van der Waals surface area contributed by atoms with Crippen LogP contribution in [-0.2, 0) is 0 Å². The van der Waals surface area contributed by atoms with Gasteiger partial charge in [-0.3, -0.25) is 4.79 Å². The van der Waals surface area contributed by atoms with E-state index in [0.717, 1.165) is 0 Å². The van der Waals surface area contributed by atoms with E-state index < -0.39 is 5.91 Å². The first kappa shape index (κ1) is 22.2. The first-order valence-electron chi connectivity index (χ1n) is 9.14. The lowest BCUT2D eigenvalue weighted by molar-refractivity contribution is 0.0954. The summed E-state index contributed by atoms with van der Waals surface area (Å²) in [7, 11) is 4.36. The normalized spacial score (nSPS) is 11.1. The molecule has 0 saturated heterocycles. The molecule has 32 heavy (non-hydrogen) atoms. The Balaban J connectivity index is 1.75. The number of carbonyl (C=O) groups is 1. The van der Waals surface area contributed by atoms with Crippen LogP contribution in [0.3, 0.4) is 0 Å². The minimum Gasteiger partial charge on any atom is -0.507 e. The van der Waals surface area contributed by atoms with Crippen LogP contribution >= 0.6 is 0 Å². The summed E-state index contributed by atoms with van der Waals surface area (Å²) in [5.41, 5.74) is 3.83. The molecule has 12 heteroatoms. The number of aromatic nitrogens is 2. The van der Waals surface area contributed by atoms with Crippen molar-refractivity contribution in [3.8, 4) is 23.0 Å². The van der Waals surface area contributed by atoms with Crippen molar-refractivity contribution in [2.75, 3.05) is 21.3 Å². The summed E-state index contributed by atoms with van der Waals surface area (Å²) in [6, 6.07) is 7.48. The van der Waals surface area contributed by atoms with Gasteiger partial charge in [-0.05, 0) is 42.4 Å². The summed E-state index contributed by atoms with van der Waals surface area (Å²) in [6.45, 7) is 1.68. The number of hydrogen-bond donors (Lipinski definition) is 2. The first-order valence-corrected chi connectivity index (χ1v) is 9.14. The first-order chi connectivity index (χ1) is 15.5. The van der Waals surface area contributed by atoms with Crippen LogP contribution in [0.5, 0.6) is 23.0 Å². The molecule has 1 heterocycles. The molecule has 1 aromatic heterocycles. The summed E-state index contributed by atoms with van der Waals surface area (Å²) >= 11 is 0. The van der Waals surface area contributed by atoms with Crippen molar-refractivity contribution in [3.63, 3.8) is 0 Å². The zero-order chi connectivity index (χ0) is 23.1. The molecule has 12 nitrogen and oxygen atoms in total. The van der Waals surface area contributed by atoms with Gasteiger partial charge in [0.15, 0.2) is 11.5 Å². The predicted octanol–water partition coefficient (Wildman–Crippen LogP) is 3.29. The van der Waals surface area contributed by atoms with E-state index in [-0.39, 0.29) is 17.1 Å². The fraction of sp³-hybridized carbons (Fsp3) is 0.200. The summed E-state index contributed by atoms with van der Waals surface area (Å²) in [6.07, 6.45) is 1.27. The number of phenolic OH excluding ortho intramolecular Hbond substituents is 1. The van der Waals surface area contributed by atoms with E-state index in [0.29, 0.717) is 34.2 Å². The molecule has 0 atom stereocenters. The van der Waals surface area contributed by atoms with Gasteiger partial charge in [0, 0.05) is 11.1 Å². The van der Waals surface area contributed by atoms with Crippen molar-refractivity contribution >= 4 is 23.6 Å². The fourth-order valence-corrected chi connectivity index (χ4v) is 2.57. The molecule has 0 aliphatic rings. The second kappa shape index (κ2) is 10.0. The highest BCUT2D eigenvalue weighted by atomic mass is 16.6. The Morgan fingerprint density at radius 1 is 1.06 bits per heavy atom. The van der Waals surface area contributed by atoms with E-state index in [1.165, 1.54) is 51.8 Å². The van der Waals surface area contributed by atoms with Gasteiger partial charge in [0.05, 0.1) is 33.2 Å². The van der Waals surface area contributed by atoms with Crippen LogP contribution < -0.4 is 19.6 Å². The van der Waals surface area contributed by atoms with E-state index in [2.05, 4.69) is 35.7 Å². The number of phenols is 1. The Morgan fingerprint density at radius 2 is 1.78 bits per heavy atom. The van der Waals surface area contributed by atoms with Gasteiger partial charge in [0.25, 0.3) is 5.91 Å². The molecule has 0 unspecified atom stereocenters. The van der Waals surface area contributed by atoms with Crippen molar-refractivity contribution in [1.82, 2.24) is 15.7 Å². The molecular weight excluding hydrogens is 420 g/mol. The Kier molecular flexibility index (Phi) is 6.95. The molecule has 0 aliphatic heterocycles. The lowest BCUT2D eigenvalue weighted by Gasteiger charge is -2.13. The molecule has 2 N–H and O–H groups in total. The van der Waals surface area contributed by atoms with Gasteiger partial charge >= 0.3 is 0 Å². The number of hydrogen-bond acceptors (Lipinski definition) is 11. The summed E-state index contributed by atoms with van der Waals surface area (Å²) < 4.78 is 20.3. The number of rotatable bonds is 8. The smallest absolute Gasteiger partial charge is 0.271 e. The summed E-state index contributed by atoms with van der Waals surface area (Å²) in [5, 5.41) is 29.1. The van der Waals surface area contributed by atoms with Gasteiger partial charge in [-0.2, -0.15) is 5.10 Å². The van der Waals surface area contributed by atoms with Crippen LogP contribution in [-0.4, -0.2) is 48.9 Å². The molecule has 0 spiro atoms. The molecule has 0 fully saturated rings. The Morgan fingerprint density at radius 3 is 2.38 bits per heavy atom. The van der Waals surface area contributed by atoms with Gasteiger partial charge in [0.2, 0.25) is 11.6 Å². The largest absolute Gasteiger partial charge is 0.507 e. The minimum absolute atomic E-state index is 0.0611. The monoisotopic (exact) mass is 440 g/mol. The zero-order valence-corrected chi connectivity index (χ0v) is 17.7. The number of nitrogens with zero attached hydrogens (tertiary/aromatic N) is 5. The van der Waals surface area contributed by atoms with Gasteiger partial charge in [-0.25, -0.2) is 10.1 Å². The van der Waals surface area contributed by atoms with E-state index >= 15 is 0 Å². The molecular formula is C20H20N6O6. The molecule has 0 saturated carbocycles. The SMILES string of the molecule is COc1cc(C(=O)N/N=C/c2cc(N=Nc3nonc3C)ccc2O)cc(OC)c1OC. The van der Waals surface area contributed by atoms with Crippen molar-refractivity contribution in [2.24, 2.45) is 15.3 Å². The number of hydrazone groups is 1. The molecule has 2 aromatic carbocycles. The third-order valence-corrected chi connectivity index (χ3v) is 4.20. The summed E-state index contributed by atoms with van der Waals surface area (Å²) in [5.74, 6) is 0.677. The molecule has 0 aliphatic carbocycles. The number of methoxy groups -OCH3 is 3. The number of aromatic hydroxyl groups is 1. The van der Waals surface area contributed by atoms with Gasteiger partial charge < -0.3 is 19.3 Å². The molecule has 0 radical (unpaired) electrons. The lowest BCUT2D eigenvalue weighted by Crippen LogP contribution is -2.18. The maximum atomic E-state index is 12.5.